The molecule has 0 aliphatic heterocycles. The highest BCUT2D eigenvalue weighted by Crippen LogP contribution is 2.27. The second-order valence-corrected chi connectivity index (χ2v) is 5.85. The Morgan fingerprint density at radius 2 is 1.70 bits per heavy atom. The molecule has 0 saturated carbocycles. The summed E-state index contributed by atoms with van der Waals surface area (Å²) in [4.78, 5) is 12.1. The number of urea groups is 1. The number of ether oxygens (including phenoxy) is 2. The van der Waals surface area contributed by atoms with E-state index >= 15 is 0 Å². The van der Waals surface area contributed by atoms with Gasteiger partial charge in [-0.3, -0.25) is 0 Å². The van der Waals surface area contributed by atoms with Crippen molar-refractivity contribution in [3.05, 3.63) is 72.1 Å². The van der Waals surface area contributed by atoms with Gasteiger partial charge in [-0.2, -0.15) is 5.10 Å². The van der Waals surface area contributed by atoms with Crippen molar-refractivity contribution in [3.8, 4) is 17.2 Å². The number of aromatic nitrogens is 2. The molecule has 0 bridgehead atoms. The van der Waals surface area contributed by atoms with Crippen LogP contribution in [0.2, 0.25) is 0 Å². The Morgan fingerprint density at radius 1 is 0.963 bits per heavy atom. The van der Waals surface area contributed by atoms with Crippen molar-refractivity contribution in [1.29, 1.82) is 0 Å². The molecule has 2 N–H and O–H groups in total. The standard InChI is InChI=1S/C20H22N4O3/c1-26-18-8-7-16(12-19(18)27-2)14-22-20(25)21-13-15-5-3-6-17(11-15)24-10-4-9-23-24/h3-12H,13-14H2,1-2H3,(H2,21,22,25). The first-order chi connectivity index (χ1) is 13.2. The van der Waals surface area contributed by atoms with E-state index in [0.717, 1.165) is 16.8 Å². The van der Waals surface area contributed by atoms with Crippen molar-refractivity contribution < 1.29 is 14.3 Å². The van der Waals surface area contributed by atoms with Crippen LogP contribution >= 0.6 is 0 Å². The number of benzene rings is 2. The molecule has 140 valence electrons. The third-order valence-corrected chi connectivity index (χ3v) is 4.03. The van der Waals surface area contributed by atoms with E-state index in [4.69, 9.17) is 9.47 Å². The Hall–Kier alpha value is -3.48. The van der Waals surface area contributed by atoms with Crippen molar-refractivity contribution in [2.45, 2.75) is 13.1 Å². The maximum absolute atomic E-state index is 12.1. The van der Waals surface area contributed by atoms with Crippen molar-refractivity contribution in [3.63, 3.8) is 0 Å². The lowest BCUT2D eigenvalue weighted by molar-refractivity contribution is 0.240. The third-order valence-electron chi connectivity index (χ3n) is 4.03. The van der Waals surface area contributed by atoms with Gasteiger partial charge in [-0.25, -0.2) is 9.48 Å². The van der Waals surface area contributed by atoms with Crippen LogP contribution in [-0.4, -0.2) is 30.0 Å². The molecule has 2 aromatic carbocycles. The van der Waals surface area contributed by atoms with E-state index < -0.39 is 0 Å². The number of nitrogens with one attached hydrogen (secondary N) is 2. The van der Waals surface area contributed by atoms with Gasteiger partial charge in [0.15, 0.2) is 11.5 Å². The first-order valence-electron chi connectivity index (χ1n) is 8.51. The molecule has 0 spiro atoms. The first kappa shape index (κ1) is 18.3. The van der Waals surface area contributed by atoms with Crippen LogP contribution in [-0.2, 0) is 13.1 Å². The van der Waals surface area contributed by atoms with Gasteiger partial charge in [-0.05, 0) is 41.5 Å². The summed E-state index contributed by atoms with van der Waals surface area (Å²) in [5.74, 6) is 1.29. The summed E-state index contributed by atoms with van der Waals surface area (Å²) in [5.41, 5.74) is 2.86. The molecule has 1 aromatic heterocycles. The molecular formula is C20H22N4O3. The van der Waals surface area contributed by atoms with Crippen LogP contribution in [0.3, 0.4) is 0 Å². The maximum Gasteiger partial charge on any atom is 0.315 e. The maximum atomic E-state index is 12.1. The summed E-state index contributed by atoms with van der Waals surface area (Å²) in [7, 11) is 3.17. The zero-order chi connectivity index (χ0) is 19.1. The summed E-state index contributed by atoms with van der Waals surface area (Å²) in [6.07, 6.45) is 3.61. The van der Waals surface area contributed by atoms with E-state index in [2.05, 4.69) is 15.7 Å². The van der Waals surface area contributed by atoms with Crippen LogP contribution < -0.4 is 20.1 Å². The molecule has 0 aliphatic rings. The lowest BCUT2D eigenvalue weighted by Crippen LogP contribution is -2.34. The van der Waals surface area contributed by atoms with Crippen molar-refractivity contribution >= 4 is 6.03 Å². The van der Waals surface area contributed by atoms with Gasteiger partial charge >= 0.3 is 6.03 Å². The summed E-state index contributed by atoms with van der Waals surface area (Å²) in [5, 5.41) is 9.90. The van der Waals surface area contributed by atoms with E-state index in [9.17, 15) is 4.79 Å². The highest BCUT2D eigenvalue weighted by Gasteiger charge is 2.06. The predicted molar refractivity (Wildman–Crippen MR) is 102 cm³/mol. The van der Waals surface area contributed by atoms with Crippen LogP contribution in [0.4, 0.5) is 4.79 Å². The number of hydrogen-bond acceptors (Lipinski definition) is 4. The zero-order valence-electron chi connectivity index (χ0n) is 15.3. The average molecular weight is 366 g/mol. The largest absolute Gasteiger partial charge is 0.493 e. The van der Waals surface area contributed by atoms with Gasteiger partial charge in [-0.1, -0.05) is 18.2 Å². The smallest absolute Gasteiger partial charge is 0.315 e. The fourth-order valence-corrected chi connectivity index (χ4v) is 2.65. The van der Waals surface area contributed by atoms with Crippen molar-refractivity contribution in [1.82, 2.24) is 20.4 Å². The molecule has 3 rings (SSSR count). The van der Waals surface area contributed by atoms with E-state index in [1.165, 1.54) is 0 Å². The van der Waals surface area contributed by atoms with Crippen molar-refractivity contribution in [2.75, 3.05) is 14.2 Å². The highest BCUT2D eigenvalue weighted by atomic mass is 16.5. The minimum atomic E-state index is -0.241. The molecule has 0 aliphatic carbocycles. The van der Waals surface area contributed by atoms with Crippen LogP contribution in [0.15, 0.2) is 60.9 Å². The monoisotopic (exact) mass is 366 g/mol. The zero-order valence-corrected chi connectivity index (χ0v) is 15.3. The second-order valence-electron chi connectivity index (χ2n) is 5.85. The van der Waals surface area contributed by atoms with Crippen LogP contribution in [0.25, 0.3) is 5.69 Å². The topological polar surface area (TPSA) is 77.4 Å². The first-order valence-corrected chi connectivity index (χ1v) is 8.51. The number of methoxy groups -OCH3 is 2. The lowest BCUT2D eigenvalue weighted by atomic mass is 10.2. The number of hydrogen-bond donors (Lipinski definition) is 2. The Labute approximate surface area is 157 Å². The van der Waals surface area contributed by atoms with Gasteiger partial charge in [-0.15, -0.1) is 0 Å². The molecule has 7 heteroatoms. The number of carbonyl (C=O) groups is 1. The number of amides is 2. The summed E-state index contributed by atoms with van der Waals surface area (Å²) >= 11 is 0. The Kier molecular flexibility index (Phi) is 5.94. The molecule has 27 heavy (non-hydrogen) atoms. The highest BCUT2D eigenvalue weighted by molar-refractivity contribution is 5.73. The fraction of sp³-hybridized carbons (Fsp3) is 0.200. The lowest BCUT2D eigenvalue weighted by Gasteiger charge is -2.11. The van der Waals surface area contributed by atoms with Gasteiger partial charge in [0, 0.05) is 25.5 Å². The van der Waals surface area contributed by atoms with E-state index in [1.807, 2.05) is 54.7 Å². The minimum Gasteiger partial charge on any atom is -0.493 e. The van der Waals surface area contributed by atoms with Crippen LogP contribution in [0, 0.1) is 0 Å². The van der Waals surface area contributed by atoms with Crippen molar-refractivity contribution in [2.24, 2.45) is 0 Å². The van der Waals surface area contributed by atoms with Gasteiger partial charge in [0.2, 0.25) is 0 Å². The molecule has 1 heterocycles. The molecule has 2 amide bonds. The summed E-state index contributed by atoms with van der Waals surface area (Å²) in [6, 6.07) is 15.0. The van der Waals surface area contributed by atoms with Gasteiger partial charge < -0.3 is 20.1 Å². The SMILES string of the molecule is COc1ccc(CNC(=O)NCc2cccc(-n3cccn3)c2)cc1OC. The number of carbonyl (C=O) groups excluding carboxylic acids is 1. The summed E-state index contributed by atoms with van der Waals surface area (Å²) < 4.78 is 12.3. The molecule has 0 saturated heterocycles. The molecular weight excluding hydrogens is 344 g/mol. The Balaban J connectivity index is 1.52. The van der Waals surface area contributed by atoms with Gasteiger partial charge in [0.1, 0.15) is 0 Å². The average Bonchev–Trinajstić information content (AvgIpc) is 3.25. The normalized spacial score (nSPS) is 10.3. The summed E-state index contributed by atoms with van der Waals surface area (Å²) in [6.45, 7) is 0.812. The van der Waals surface area contributed by atoms with Gasteiger partial charge in [0.25, 0.3) is 0 Å². The molecule has 0 radical (unpaired) electrons. The van der Waals surface area contributed by atoms with E-state index in [0.29, 0.717) is 24.6 Å². The van der Waals surface area contributed by atoms with Gasteiger partial charge in [0.05, 0.1) is 19.9 Å². The number of nitrogens with zero attached hydrogens (tertiary/aromatic N) is 2. The van der Waals surface area contributed by atoms with Crippen LogP contribution in [0.5, 0.6) is 11.5 Å². The quantitative estimate of drug-likeness (QED) is 0.674. The molecule has 3 aromatic rings. The Bertz CT molecular complexity index is 894. The van der Waals surface area contributed by atoms with Crippen LogP contribution in [0.1, 0.15) is 11.1 Å². The predicted octanol–water partition coefficient (Wildman–Crippen LogP) is 2.89. The number of rotatable bonds is 7. The van der Waals surface area contributed by atoms with E-state index in [-0.39, 0.29) is 6.03 Å². The fourth-order valence-electron chi connectivity index (χ4n) is 2.65. The Morgan fingerprint density at radius 3 is 2.37 bits per heavy atom. The van der Waals surface area contributed by atoms with E-state index in [1.54, 1.807) is 25.1 Å². The molecule has 0 atom stereocenters. The molecule has 0 fully saturated rings. The molecule has 7 nitrogen and oxygen atoms in total. The third kappa shape index (κ3) is 4.78. The second kappa shape index (κ2) is 8.75. The molecule has 0 unspecified atom stereocenters. The minimum absolute atomic E-state index is 0.241.